The van der Waals surface area contributed by atoms with E-state index in [9.17, 15) is 10.5 Å². The van der Waals surface area contributed by atoms with Gasteiger partial charge in [0.2, 0.25) is 0 Å². The molecule has 0 atom stereocenters. The topological polar surface area (TPSA) is 66.0 Å². The number of nitriles is 2. The molecule has 0 unspecified atom stereocenters. The van der Waals surface area contributed by atoms with E-state index in [4.69, 9.17) is 9.47 Å². The second kappa shape index (κ2) is 12.5. The number of hydrogen-bond acceptors (Lipinski definition) is 5. The molecule has 0 aliphatic heterocycles. The van der Waals surface area contributed by atoms with Gasteiger partial charge in [-0.05, 0) is 67.0 Å². The first-order valence-corrected chi connectivity index (χ1v) is 14.4. The largest absolute Gasteiger partial charge is 0.452 e. The lowest BCUT2D eigenvalue weighted by molar-refractivity contribution is 0.394. The highest BCUT2D eigenvalue weighted by molar-refractivity contribution is 7.99. The van der Waals surface area contributed by atoms with E-state index in [0.717, 1.165) is 44.5 Å². The molecule has 0 fully saturated rings. The third-order valence-electron chi connectivity index (χ3n) is 6.90. The van der Waals surface area contributed by atoms with Crippen LogP contribution in [0.1, 0.15) is 78.5 Å². The van der Waals surface area contributed by atoms with Gasteiger partial charge in [-0.15, -0.1) is 0 Å². The zero-order valence-corrected chi connectivity index (χ0v) is 25.2. The Bertz CT molecular complexity index is 1670. The molecule has 0 N–H and O–H groups in total. The maximum Gasteiger partial charge on any atom is 0.190 e. The highest BCUT2D eigenvalue weighted by atomic mass is 32.2. The van der Waals surface area contributed by atoms with Crippen LogP contribution in [0.15, 0.2) is 70.5 Å². The van der Waals surface area contributed by atoms with Crippen LogP contribution in [0, 0.1) is 49.3 Å². The molecule has 0 bridgehead atoms. The average molecular weight is 565 g/mol. The molecule has 4 nitrogen and oxygen atoms in total. The van der Waals surface area contributed by atoms with Crippen molar-refractivity contribution >= 4 is 11.8 Å². The molecular formula is C35H33FN2O2S. The van der Waals surface area contributed by atoms with Crippen LogP contribution in [0.4, 0.5) is 4.39 Å². The van der Waals surface area contributed by atoms with Gasteiger partial charge in [-0.2, -0.15) is 10.5 Å². The Hall–Kier alpha value is -4.26. The van der Waals surface area contributed by atoms with Gasteiger partial charge in [0, 0.05) is 4.90 Å². The molecule has 4 rings (SSSR count). The predicted molar refractivity (Wildman–Crippen MR) is 162 cm³/mol. The van der Waals surface area contributed by atoms with Gasteiger partial charge in [-0.25, -0.2) is 4.39 Å². The second-order valence-electron chi connectivity index (χ2n) is 10.7. The fraction of sp³-hybridized carbons (Fsp3) is 0.257. The number of para-hydroxylation sites is 2. The lowest BCUT2D eigenvalue weighted by Crippen LogP contribution is -2.06. The molecule has 0 heterocycles. The predicted octanol–water partition coefficient (Wildman–Crippen LogP) is 10.5. The van der Waals surface area contributed by atoms with Gasteiger partial charge in [0.15, 0.2) is 17.3 Å². The number of halogens is 1. The molecule has 0 aromatic heterocycles. The van der Waals surface area contributed by atoms with Gasteiger partial charge in [0.05, 0.1) is 4.90 Å². The minimum atomic E-state index is -0.814. The van der Waals surface area contributed by atoms with Crippen molar-refractivity contribution in [3.05, 3.63) is 105 Å². The number of aryl methyl sites for hydroxylation is 3. The van der Waals surface area contributed by atoms with Crippen LogP contribution in [0.2, 0.25) is 0 Å². The van der Waals surface area contributed by atoms with Gasteiger partial charge in [-0.1, -0.05) is 93.6 Å². The van der Waals surface area contributed by atoms with Gasteiger partial charge >= 0.3 is 0 Å². The molecule has 4 aromatic rings. The maximum atomic E-state index is 16.3. The molecule has 0 aliphatic carbocycles. The van der Waals surface area contributed by atoms with Crippen molar-refractivity contribution < 1.29 is 13.9 Å². The van der Waals surface area contributed by atoms with Crippen molar-refractivity contribution in [3.63, 3.8) is 0 Å². The van der Waals surface area contributed by atoms with Crippen LogP contribution in [0.25, 0.3) is 0 Å². The smallest absolute Gasteiger partial charge is 0.190 e. The van der Waals surface area contributed by atoms with E-state index >= 15 is 4.39 Å². The Morgan fingerprint density at radius 1 is 0.707 bits per heavy atom. The molecular weight excluding hydrogens is 531 g/mol. The number of benzene rings is 4. The molecule has 41 heavy (non-hydrogen) atoms. The van der Waals surface area contributed by atoms with E-state index in [0.29, 0.717) is 11.5 Å². The highest BCUT2D eigenvalue weighted by Gasteiger charge is 2.31. The summed E-state index contributed by atoms with van der Waals surface area (Å²) in [5.74, 6) is 0.563. The van der Waals surface area contributed by atoms with Crippen molar-refractivity contribution in [2.24, 2.45) is 0 Å². The Morgan fingerprint density at radius 3 is 1.90 bits per heavy atom. The third-order valence-corrected chi connectivity index (χ3v) is 8.15. The second-order valence-corrected chi connectivity index (χ2v) is 11.7. The molecule has 0 radical (unpaired) electrons. The average Bonchev–Trinajstić information content (AvgIpc) is 2.93. The summed E-state index contributed by atoms with van der Waals surface area (Å²) in [5.41, 5.74) is 4.16. The fourth-order valence-electron chi connectivity index (χ4n) is 4.65. The molecule has 0 spiro atoms. The summed E-state index contributed by atoms with van der Waals surface area (Å²) < 4.78 is 29.4. The van der Waals surface area contributed by atoms with Gasteiger partial charge in [-0.3, -0.25) is 0 Å². The summed E-state index contributed by atoms with van der Waals surface area (Å²) in [5, 5.41) is 20.3. The molecule has 0 amide bonds. The zero-order chi connectivity index (χ0) is 29.8. The molecule has 0 saturated carbocycles. The monoisotopic (exact) mass is 564 g/mol. The normalized spacial score (nSPS) is 10.9. The van der Waals surface area contributed by atoms with Gasteiger partial charge < -0.3 is 9.47 Å². The molecule has 0 saturated heterocycles. The third kappa shape index (κ3) is 6.09. The van der Waals surface area contributed by atoms with Crippen LogP contribution in [-0.4, -0.2) is 0 Å². The van der Waals surface area contributed by atoms with Crippen LogP contribution >= 0.6 is 11.8 Å². The van der Waals surface area contributed by atoms with Crippen molar-refractivity contribution in [1.29, 1.82) is 10.5 Å². The minimum Gasteiger partial charge on any atom is -0.452 e. The van der Waals surface area contributed by atoms with Crippen LogP contribution in [-0.2, 0) is 0 Å². The van der Waals surface area contributed by atoms with E-state index in [2.05, 4.69) is 27.7 Å². The Balaban J connectivity index is 2.08. The summed E-state index contributed by atoms with van der Waals surface area (Å²) in [6.07, 6.45) is 0. The molecule has 208 valence electrons. The fourth-order valence-corrected chi connectivity index (χ4v) is 5.65. The van der Waals surface area contributed by atoms with Crippen LogP contribution in [0.3, 0.4) is 0 Å². The number of hydrogen-bond donors (Lipinski definition) is 0. The quantitative estimate of drug-likeness (QED) is 0.213. The summed E-state index contributed by atoms with van der Waals surface area (Å²) in [6.45, 7) is 14.1. The Kier molecular flexibility index (Phi) is 9.06. The van der Waals surface area contributed by atoms with Crippen LogP contribution < -0.4 is 9.47 Å². The number of nitrogens with zero attached hydrogens (tertiary/aromatic N) is 2. The Morgan fingerprint density at radius 2 is 1.34 bits per heavy atom. The summed E-state index contributed by atoms with van der Waals surface area (Å²) in [6, 6.07) is 23.2. The molecule has 0 aliphatic rings. The van der Waals surface area contributed by atoms with E-state index in [-0.39, 0.29) is 39.4 Å². The van der Waals surface area contributed by atoms with E-state index in [1.165, 1.54) is 0 Å². The maximum absolute atomic E-state index is 16.3. The standard InChI is InChI=1S/C35H33FN2O2S/c1-20(2)25-12-10-13-26(21(3)4)32(25)40-33-28(19-38)27(18-37)31(36)35(41-30-16-15-22(5)17-24(30)7)34(33)39-29-14-9-8-11-23(29)6/h8-17,20-21H,1-7H3. The minimum absolute atomic E-state index is 0.0240. The zero-order valence-electron chi connectivity index (χ0n) is 24.4. The summed E-state index contributed by atoms with van der Waals surface area (Å²) >= 11 is 1.16. The van der Waals surface area contributed by atoms with Crippen molar-refractivity contribution in [1.82, 2.24) is 0 Å². The number of rotatable bonds is 8. The lowest BCUT2D eigenvalue weighted by atomic mass is 9.94. The first kappa shape index (κ1) is 29.7. The van der Waals surface area contributed by atoms with E-state index in [1.807, 2.05) is 87.5 Å². The summed E-state index contributed by atoms with van der Waals surface area (Å²) in [7, 11) is 0. The summed E-state index contributed by atoms with van der Waals surface area (Å²) in [4.78, 5) is 0.882. The molecule has 6 heteroatoms. The van der Waals surface area contributed by atoms with Crippen molar-refractivity contribution in [2.45, 2.75) is 70.1 Å². The lowest BCUT2D eigenvalue weighted by Gasteiger charge is -2.24. The number of ether oxygens (including phenoxy) is 2. The van der Waals surface area contributed by atoms with E-state index in [1.54, 1.807) is 6.07 Å². The van der Waals surface area contributed by atoms with Crippen molar-refractivity contribution in [2.75, 3.05) is 0 Å². The SMILES string of the molecule is Cc1ccc(Sc2c(F)c(C#N)c(C#N)c(Oc3c(C(C)C)cccc3C(C)C)c2Oc2ccccc2C)c(C)c1. The highest BCUT2D eigenvalue weighted by Crippen LogP contribution is 2.51. The van der Waals surface area contributed by atoms with Gasteiger partial charge in [0.1, 0.15) is 34.8 Å². The molecule has 4 aromatic carbocycles. The van der Waals surface area contributed by atoms with E-state index < -0.39 is 5.82 Å². The first-order valence-electron chi connectivity index (χ1n) is 13.6. The van der Waals surface area contributed by atoms with Crippen LogP contribution in [0.5, 0.6) is 23.0 Å². The van der Waals surface area contributed by atoms with Gasteiger partial charge in [0.25, 0.3) is 0 Å². The Labute approximate surface area is 246 Å². The first-order chi connectivity index (χ1) is 19.6. The van der Waals surface area contributed by atoms with Crippen molar-refractivity contribution in [3.8, 4) is 35.1 Å².